The number of carbonyl (C=O) groups excluding carboxylic acids is 1. The zero-order valence-corrected chi connectivity index (χ0v) is 18.7. The van der Waals surface area contributed by atoms with Crippen LogP contribution < -0.4 is 0 Å². The van der Waals surface area contributed by atoms with E-state index in [1.54, 1.807) is 0 Å². The van der Waals surface area contributed by atoms with Crippen LogP contribution in [0.25, 0.3) is 11.0 Å². The molecule has 2 atom stereocenters. The number of para-hydroxylation sites is 2. The summed E-state index contributed by atoms with van der Waals surface area (Å²) in [6, 6.07) is 16.6. The SMILES string of the molecule is CC(C)(C)OC(=O)C1CCCCC1c1ccc(Cn2c(Cl)nc3ccccc32)cc1. The third-order valence-electron chi connectivity index (χ3n) is 5.83. The Morgan fingerprint density at radius 3 is 2.53 bits per heavy atom. The smallest absolute Gasteiger partial charge is 0.310 e. The van der Waals surface area contributed by atoms with Crippen molar-refractivity contribution in [1.29, 1.82) is 0 Å². The third kappa shape index (κ3) is 4.54. The lowest BCUT2D eigenvalue weighted by molar-refractivity contribution is -0.161. The van der Waals surface area contributed by atoms with Gasteiger partial charge in [-0.05, 0) is 74.4 Å². The molecule has 3 aromatic rings. The second-order valence-electron chi connectivity index (χ2n) is 9.23. The van der Waals surface area contributed by atoms with Gasteiger partial charge in [0.15, 0.2) is 0 Å². The summed E-state index contributed by atoms with van der Waals surface area (Å²) in [6.07, 6.45) is 4.17. The number of hydrogen-bond acceptors (Lipinski definition) is 3. The van der Waals surface area contributed by atoms with Crippen LogP contribution in [-0.4, -0.2) is 21.1 Å². The van der Waals surface area contributed by atoms with Crippen LogP contribution in [-0.2, 0) is 16.1 Å². The van der Waals surface area contributed by atoms with E-state index in [2.05, 4.69) is 29.2 Å². The fourth-order valence-electron chi connectivity index (χ4n) is 4.44. The molecule has 1 fully saturated rings. The van der Waals surface area contributed by atoms with E-state index in [1.165, 1.54) is 5.56 Å². The number of imidazole rings is 1. The third-order valence-corrected chi connectivity index (χ3v) is 6.12. The van der Waals surface area contributed by atoms with Gasteiger partial charge >= 0.3 is 5.97 Å². The van der Waals surface area contributed by atoms with Crippen molar-refractivity contribution in [3.05, 3.63) is 64.9 Å². The topological polar surface area (TPSA) is 44.1 Å². The molecule has 0 radical (unpaired) electrons. The summed E-state index contributed by atoms with van der Waals surface area (Å²) in [7, 11) is 0. The highest BCUT2D eigenvalue weighted by Crippen LogP contribution is 2.39. The van der Waals surface area contributed by atoms with Crippen LogP contribution in [0.15, 0.2) is 48.5 Å². The van der Waals surface area contributed by atoms with Crippen LogP contribution in [0.5, 0.6) is 0 Å². The van der Waals surface area contributed by atoms with Gasteiger partial charge in [-0.25, -0.2) is 4.98 Å². The second kappa shape index (κ2) is 8.43. The van der Waals surface area contributed by atoms with Gasteiger partial charge < -0.3 is 9.30 Å². The number of rotatable bonds is 4. The van der Waals surface area contributed by atoms with E-state index in [9.17, 15) is 4.79 Å². The van der Waals surface area contributed by atoms with E-state index >= 15 is 0 Å². The number of ether oxygens (including phenoxy) is 1. The monoisotopic (exact) mass is 424 g/mol. The highest BCUT2D eigenvalue weighted by Gasteiger charge is 2.35. The van der Waals surface area contributed by atoms with Gasteiger partial charge in [-0.1, -0.05) is 49.2 Å². The standard InChI is InChI=1S/C25H29ClN2O2/c1-25(2,3)30-23(29)20-9-5-4-8-19(20)18-14-12-17(13-15-18)16-28-22-11-7-6-10-21(22)27-24(28)26/h6-7,10-15,19-20H,4-5,8-9,16H2,1-3H3. The molecular weight excluding hydrogens is 396 g/mol. The van der Waals surface area contributed by atoms with E-state index in [-0.39, 0.29) is 17.8 Å². The first-order chi connectivity index (χ1) is 14.3. The molecule has 158 valence electrons. The van der Waals surface area contributed by atoms with Crippen molar-refractivity contribution in [2.24, 2.45) is 5.92 Å². The second-order valence-corrected chi connectivity index (χ2v) is 9.57. The largest absolute Gasteiger partial charge is 0.460 e. The summed E-state index contributed by atoms with van der Waals surface area (Å²) >= 11 is 6.38. The van der Waals surface area contributed by atoms with Gasteiger partial charge in [0.2, 0.25) is 5.28 Å². The van der Waals surface area contributed by atoms with Crippen molar-refractivity contribution in [1.82, 2.24) is 9.55 Å². The Balaban J connectivity index is 1.53. The molecule has 0 aliphatic heterocycles. The number of halogens is 1. The molecule has 1 saturated carbocycles. The van der Waals surface area contributed by atoms with Gasteiger partial charge in [0.05, 0.1) is 23.5 Å². The van der Waals surface area contributed by atoms with E-state index in [0.29, 0.717) is 11.8 Å². The van der Waals surface area contributed by atoms with Gasteiger partial charge in [-0.15, -0.1) is 0 Å². The minimum Gasteiger partial charge on any atom is -0.460 e. The van der Waals surface area contributed by atoms with Crippen molar-refractivity contribution in [2.45, 2.75) is 64.5 Å². The van der Waals surface area contributed by atoms with Crippen LogP contribution in [0, 0.1) is 5.92 Å². The highest BCUT2D eigenvalue weighted by molar-refractivity contribution is 6.29. The maximum atomic E-state index is 12.8. The summed E-state index contributed by atoms with van der Waals surface area (Å²) < 4.78 is 7.74. The summed E-state index contributed by atoms with van der Waals surface area (Å²) in [5.41, 5.74) is 3.87. The quantitative estimate of drug-likeness (QED) is 0.458. The van der Waals surface area contributed by atoms with Crippen LogP contribution in [0.3, 0.4) is 0 Å². The molecule has 0 saturated heterocycles. The van der Waals surface area contributed by atoms with Crippen LogP contribution >= 0.6 is 11.6 Å². The average molecular weight is 425 g/mol. The van der Waals surface area contributed by atoms with Gasteiger partial charge in [0, 0.05) is 0 Å². The zero-order chi connectivity index (χ0) is 21.3. The lowest BCUT2D eigenvalue weighted by Gasteiger charge is -2.32. The van der Waals surface area contributed by atoms with Crippen molar-refractivity contribution in [3.8, 4) is 0 Å². The lowest BCUT2D eigenvalue weighted by atomic mass is 9.75. The zero-order valence-electron chi connectivity index (χ0n) is 17.9. The van der Waals surface area contributed by atoms with Crippen LogP contribution in [0.4, 0.5) is 0 Å². The lowest BCUT2D eigenvalue weighted by Crippen LogP contribution is -2.33. The summed E-state index contributed by atoms with van der Waals surface area (Å²) in [5.74, 6) is 0.101. The van der Waals surface area contributed by atoms with Crippen molar-refractivity contribution in [3.63, 3.8) is 0 Å². The highest BCUT2D eigenvalue weighted by atomic mass is 35.5. The van der Waals surface area contributed by atoms with Crippen LogP contribution in [0.1, 0.15) is 63.5 Å². The first kappa shape index (κ1) is 20.9. The molecule has 0 amide bonds. The predicted octanol–water partition coefficient (Wildman–Crippen LogP) is 6.35. The fourth-order valence-corrected chi connectivity index (χ4v) is 4.68. The molecule has 2 unspecified atom stereocenters. The fraction of sp³-hybridized carbons (Fsp3) is 0.440. The van der Waals surface area contributed by atoms with Crippen molar-refractivity contribution >= 4 is 28.6 Å². The molecule has 4 rings (SSSR count). The molecule has 1 aromatic heterocycles. The van der Waals surface area contributed by atoms with Crippen LogP contribution in [0.2, 0.25) is 5.28 Å². The Bertz CT molecular complexity index is 1030. The normalized spacial score (nSPS) is 19.7. The first-order valence-corrected chi connectivity index (χ1v) is 11.1. The summed E-state index contributed by atoms with van der Waals surface area (Å²) in [4.78, 5) is 17.2. The number of esters is 1. The molecule has 30 heavy (non-hydrogen) atoms. The molecule has 1 aliphatic carbocycles. The Morgan fingerprint density at radius 2 is 1.80 bits per heavy atom. The Morgan fingerprint density at radius 1 is 1.10 bits per heavy atom. The summed E-state index contributed by atoms with van der Waals surface area (Å²) in [6.45, 7) is 6.47. The number of nitrogens with zero attached hydrogens (tertiary/aromatic N) is 2. The molecule has 4 nitrogen and oxygen atoms in total. The van der Waals surface area contributed by atoms with Crippen molar-refractivity contribution < 1.29 is 9.53 Å². The Kier molecular flexibility index (Phi) is 5.88. The average Bonchev–Trinajstić information content (AvgIpc) is 3.02. The van der Waals surface area contributed by atoms with Gasteiger partial charge in [0.25, 0.3) is 0 Å². The molecular formula is C25H29ClN2O2. The van der Waals surface area contributed by atoms with Crippen molar-refractivity contribution in [2.75, 3.05) is 0 Å². The minimum atomic E-state index is -0.449. The van der Waals surface area contributed by atoms with E-state index in [1.807, 2.05) is 49.6 Å². The maximum absolute atomic E-state index is 12.8. The number of carbonyl (C=O) groups is 1. The molecule has 0 bridgehead atoms. The molecule has 2 aromatic carbocycles. The number of aromatic nitrogens is 2. The molecule has 0 N–H and O–H groups in total. The van der Waals surface area contributed by atoms with E-state index in [0.717, 1.165) is 42.3 Å². The number of hydrogen-bond donors (Lipinski definition) is 0. The molecule has 0 spiro atoms. The van der Waals surface area contributed by atoms with Gasteiger partial charge in [-0.3, -0.25) is 4.79 Å². The first-order valence-electron chi connectivity index (χ1n) is 10.7. The number of fused-ring (bicyclic) bond motifs is 1. The Hall–Kier alpha value is -2.33. The van der Waals surface area contributed by atoms with E-state index < -0.39 is 5.60 Å². The summed E-state index contributed by atoms with van der Waals surface area (Å²) in [5, 5.41) is 0.498. The van der Waals surface area contributed by atoms with Gasteiger partial charge in [0.1, 0.15) is 5.60 Å². The predicted molar refractivity (Wildman–Crippen MR) is 121 cm³/mol. The van der Waals surface area contributed by atoms with Gasteiger partial charge in [-0.2, -0.15) is 0 Å². The molecule has 1 heterocycles. The number of benzene rings is 2. The van der Waals surface area contributed by atoms with E-state index in [4.69, 9.17) is 16.3 Å². The Labute approximate surface area is 183 Å². The molecule has 5 heteroatoms. The minimum absolute atomic E-state index is 0.0594. The maximum Gasteiger partial charge on any atom is 0.310 e. The molecule has 1 aliphatic rings.